The summed E-state index contributed by atoms with van der Waals surface area (Å²) in [6, 6.07) is 8.07. The van der Waals surface area contributed by atoms with Crippen molar-refractivity contribution in [2.45, 2.75) is 12.8 Å². The molecule has 0 radical (unpaired) electrons. The van der Waals surface area contributed by atoms with Crippen LogP contribution in [0.3, 0.4) is 0 Å². The van der Waals surface area contributed by atoms with Gasteiger partial charge in [-0.05, 0) is 30.2 Å². The number of benzene rings is 1. The Morgan fingerprint density at radius 3 is 2.62 bits per heavy atom. The van der Waals surface area contributed by atoms with Gasteiger partial charge in [0.25, 0.3) is 5.91 Å². The normalized spacial score (nSPS) is 19.5. The average Bonchev–Trinajstić information content (AvgIpc) is 2.90. The quantitative estimate of drug-likeness (QED) is 0.589. The standard InChI is InChI=1S/C18H20N2O4S2/c21-16(22)2-1-7-20-17(23)15(26-18(20)25)12-13-3-5-14(6-4-13)19-8-10-24-11-9-19/h3-6,12H,1-2,7-11H2,(H,21,22)/b15-12-. The first-order chi connectivity index (χ1) is 12.5. The first-order valence-corrected chi connectivity index (χ1v) is 9.67. The van der Waals surface area contributed by atoms with Gasteiger partial charge in [-0.2, -0.15) is 0 Å². The second kappa shape index (κ2) is 8.66. The predicted molar refractivity (Wildman–Crippen MR) is 106 cm³/mol. The largest absolute Gasteiger partial charge is 0.481 e. The number of thioether (sulfide) groups is 1. The molecule has 0 aromatic heterocycles. The van der Waals surface area contributed by atoms with E-state index in [2.05, 4.69) is 4.90 Å². The van der Waals surface area contributed by atoms with Crippen LogP contribution in [0, 0.1) is 0 Å². The molecule has 2 aliphatic rings. The van der Waals surface area contributed by atoms with Gasteiger partial charge in [0.05, 0.1) is 18.1 Å². The molecule has 2 fully saturated rings. The molecule has 1 aromatic rings. The number of thiocarbonyl (C=S) groups is 1. The molecule has 6 nitrogen and oxygen atoms in total. The Labute approximate surface area is 161 Å². The van der Waals surface area contributed by atoms with Crippen LogP contribution in [0.25, 0.3) is 6.08 Å². The van der Waals surface area contributed by atoms with E-state index in [9.17, 15) is 9.59 Å². The van der Waals surface area contributed by atoms with E-state index >= 15 is 0 Å². The number of hydrogen-bond donors (Lipinski definition) is 1. The van der Waals surface area contributed by atoms with Gasteiger partial charge in [-0.15, -0.1) is 0 Å². The Morgan fingerprint density at radius 1 is 1.27 bits per heavy atom. The van der Waals surface area contributed by atoms with Gasteiger partial charge in [-0.1, -0.05) is 36.1 Å². The van der Waals surface area contributed by atoms with Crippen molar-refractivity contribution in [3.63, 3.8) is 0 Å². The number of rotatable bonds is 6. The van der Waals surface area contributed by atoms with Crippen LogP contribution in [-0.4, -0.2) is 59.1 Å². The van der Waals surface area contributed by atoms with Crippen LogP contribution in [-0.2, 0) is 14.3 Å². The smallest absolute Gasteiger partial charge is 0.303 e. The monoisotopic (exact) mass is 392 g/mol. The first-order valence-electron chi connectivity index (χ1n) is 8.44. The second-order valence-corrected chi connectivity index (χ2v) is 7.70. The summed E-state index contributed by atoms with van der Waals surface area (Å²) in [5, 5.41) is 8.72. The van der Waals surface area contributed by atoms with E-state index in [4.69, 9.17) is 22.1 Å². The van der Waals surface area contributed by atoms with E-state index in [0.717, 1.165) is 37.6 Å². The molecule has 3 rings (SSSR count). The zero-order valence-corrected chi connectivity index (χ0v) is 15.9. The molecule has 2 heterocycles. The van der Waals surface area contributed by atoms with Gasteiger partial charge in [0, 0.05) is 31.7 Å². The molecule has 26 heavy (non-hydrogen) atoms. The van der Waals surface area contributed by atoms with Crippen LogP contribution >= 0.6 is 24.0 Å². The molecule has 1 aromatic carbocycles. The maximum absolute atomic E-state index is 12.5. The van der Waals surface area contributed by atoms with Gasteiger partial charge >= 0.3 is 5.97 Å². The fraction of sp³-hybridized carbons (Fsp3) is 0.389. The minimum Gasteiger partial charge on any atom is -0.481 e. The highest BCUT2D eigenvalue weighted by atomic mass is 32.2. The Kier molecular flexibility index (Phi) is 6.29. The van der Waals surface area contributed by atoms with E-state index in [1.165, 1.54) is 16.7 Å². The van der Waals surface area contributed by atoms with Crippen molar-refractivity contribution in [1.82, 2.24) is 4.90 Å². The number of nitrogens with zero attached hydrogens (tertiary/aromatic N) is 2. The van der Waals surface area contributed by atoms with Gasteiger partial charge in [-0.3, -0.25) is 14.5 Å². The zero-order valence-electron chi connectivity index (χ0n) is 14.2. The highest BCUT2D eigenvalue weighted by Gasteiger charge is 2.31. The number of hydrogen-bond acceptors (Lipinski definition) is 6. The van der Waals surface area contributed by atoms with Gasteiger partial charge in [-0.25, -0.2) is 0 Å². The van der Waals surface area contributed by atoms with Gasteiger partial charge in [0.15, 0.2) is 0 Å². The van der Waals surface area contributed by atoms with Crippen molar-refractivity contribution in [3.05, 3.63) is 34.7 Å². The minimum absolute atomic E-state index is 0.0269. The number of carbonyl (C=O) groups excluding carboxylic acids is 1. The highest BCUT2D eigenvalue weighted by Crippen LogP contribution is 2.33. The molecule has 8 heteroatoms. The summed E-state index contributed by atoms with van der Waals surface area (Å²) in [5.74, 6) is -1.02. The molecule has 1 N–H and O–H groups in total. The van der Waals surface area contributed by atoms with Crippen molar-refractivity contribution in [1.29, 1.82) is 0 Å². The molecule has 0 bridgehead atoms. The van der Waals surface area contributed by atoms with Gasteiger partial charge < -0.3 is 14.7 Å². The second-order valence-electron chi connectivity index (χ2n) is 6.02. The molecular weight excluding hydrogens is 372 g/mol. The van der Waals surface area contributed by atoms with Crippen molar-refractivity contribution in [2.24, 2.45) is 0 Å². The lowest BCUT2D eigenvalue weighted by Gasteiger charge is -2.28. The molecule has 138 valence electrons. The molecule has 2 aliphatic heterocycles. The number of ether oxygens (including phenoxy) is 1. The number of carbonyl (C=O) groups is 2. The fourth-order valence-corrected chi connectivity index (χ4v) is 4.14. The topological polar surface area (TPSA) is 70.1 Å². The summed E-state index contributed by atoms with van der Waals surface area (Å²) in [6.07, 6.45) is 2.25. The highest BCUT2D eigenvalue weighted by molar-refractivity contribution is 8.26. The van der Waals surface area contributed by atoms with E-state index in [1.54, 1.807) is 0 Å². The van der Waals surface area contributed by atoms with Crippen LogP contribution in [0.5, 0.6) is 0 Å². The first kappa shape index (κ1) is 18.9. The number of anilines is 1. The molecule has 2 saturated heterocycles. The minimum atomic E-state index is -0.869. The van der Waals surface area contributed by atoms with Crippen molar-refractivity contribution < 1.29 is 19.4 Å². The number of aliphatic carboxylic acids is 1. The predicted octanol–water partition coefficient (Wildman–Crippen LogP) is 2.59. The number of amides is 1. The summed E-state index contributed by atoms with van der Waals surface area (Å²) in [7, 11) is 0. The van der Waals surface area contributed by atoms with Crippen LogP contribution in [0.2, 0.25) is 0 Å². The lowest BCUT2D eigenvalue weighted by Crippen LogP contribution is -2.36. The lowest BCUT2D eigenvalue weighted by atomic mass is 10.1. The Morgan fingerprint density at radius 2 is 1.96 bits per heavy atom. The number of carboxylic acid groups (broad SMARTS) is 1. The SMILES string of the molecule is O=C(O)CCCN1C(=O)/C(=C/c2ccc(N3CCOCC3)cc2)SC1=S. The van der Waals surface area contributed by atoms with Crippen LogP contribution < -0.4 is 4.90 Å². The van der Waals surface area contributed by atoms with Crippen molar-refractivity contribution in [3.8, 4) is 0 Å². The van der Waals surface area contributed by atoms with Gasteiger partial charge in [0.1, 0.15) is 4.32 Å². The maximum Gasteiger partial charge on any atom is 0.303 e. The maximum atomic E-state index is 12.5. The summed E-state index contributed by atoms with van der Waals surface area (Å²) < 4.78 is 5.85. The summed E-state index contributed by atoms with van der Waals surface area (Å²) >= 11 is 6.52. The van der Waals surface area contributed by atoms with Crippen LogP contribution in [0.15, 0.2) is 29.2 Å². The Bertz CT molecular complexity index is 727. The van der Waals surface area contributed by atoms with Gasteiger partial charge in [0.2, 0.25) is 0 Å². The lowest BCUT2D eigenvalue weighted by molar-refractivity contribution is -0.137. The molecule has 0 saturated carbocycles. The summed E-state index contributed by atoms with van der Waals surface area (Å²) in [4.78, 5) is 27.4. The molecule has 0 aliphatic carbocycles. The Hall–Kier alpha value is -1.90. The molecule has 1 amide bonds. The fourth-order valence-electron chi connectivity index (χ4n) is 2.84. The van der Waals surface area contributed by atoms with E-state index in [1.807, 2.05) is 30.3 Å². The van der Waals surface area contributed by atoms with E-state index in [0.29, 0.717) is 22.2 Å². The number of carboxylic acids is 1. The van der Waals surface area contributed by atoms with Crippen molar-refractivity contribution >= 4 is 51.9 Å². The third kappa shape index (κ3) is 4.63. The third-order valence-electron chi connectivity index (χ3n) is 4.21. The molecule has 0 spiro atoms. The Balaban J connectivity index is 1.64. The van der Waals surface area contributed by atoms with Crippen LogP contribution in [0.1, 0.15) is 18.4 Å². The van der Waals surface area contributed by atoms with Crippen molar-refractivity contribution in [2.75, 3.05) is 37.7 Å². The number of morpholine rings is 1. The van der Waals surface area contributed by atoms with E-state index in [-0.39, 0.29) is 12.3 Å². The zero-order chi connectivity index (χ0) is 18.5. The summed E-state index contributed by atoms with van der Waals surface area (Å²) in [6.45, 7) is 3.59. The molecule has 0 unspecified atom stereocenters. The third-order valence-corrected chi connectivity index (χ3v) is 5.59. The molecule has 0 atom stereocenters. The average molecular weight is 393 g/mol. The molecular formula is C18H20N2O4S2. The van der Waals surface area contributed by atoms with Crippen LogP contribution in [0.4, 0.5) is 5.69 Å². The summed E-state index contributed by atoms with van der Waals surface area (Å²) in [5.41, 5.74) is 2.08. The van der Waals surface area contributed by atoms with E-state index < -0.39 is 5.97 Å².